The van der Waals surface area contributed by atoms with Crippen LogP contribution in [0.4, 0.5) is 11.4 Å². The van der Waals surface area contributed by atoms with Crippen molar-refractivity contribution < 1.29 is 0 Å². The van der Waals surface area contributed by atoms with Gasteiger partial charge < -0.3 is 16.0 Å². The zero-order valence-corrected chi connectivity index (χ0v) is 9.09. The molecule has 0 unspecified atom stereocenters. The summed E-state index contributed by atoms with van der Waals surface area (Å²) in [5, 5.41) is 0. The van der Waals surface area contributed by atoms with Crippen molar-refractivity contribution in [2.45, 2.75) is 33.7 Å². The number of hydrogen-bond donors (Lipinski definition) is 2. The van der Waals surface area contributed by atoms with Crippen LogP contribution < -0.4 is 17.0 Å². The number of aromatic nitrogens is 1. The van der Waals surface area contributed by atoms with E-state index in [2.05, 4.69) is 0 Å². The van der Waals surface area contributed by atoms with Crippen molar-refractivity contribution in [1.29, 1.82) is 0 Å². The second-order valence-electron chi connectivity index (χ2n) is 3.81. The first-order valence-electron chi connectivity index (χ1n) is 4.64. The molecule has 0 saturated carbocycles. The molecule has 0 aromatic carbocycles. The zero-order valence-electron chi connectivity index (χ0n) is 9.09. The van der Waals surface area contributed by atoms with Gasteiger partial charge in [0.1, 0.15) is 5.69 Å². The van der Waals surface area contributed by atoms with Crippen molar-refractivity contribution in [3.05, 3.63) is 21.6 Å². The summed E-state index contributed by atoms with van der Waals surface area (Å²) in [6, 6.07) is 0.0766. The van der Waals surface area contributed by atoms with E-state index in [1.807, 2.05) is 20.8 Å². The summed E-state index contributed by atoms with van der Waals surface area (Å²) < 4.78 is 1.62. The van der Waals surface area contributed by atoms with Gasteiger partial charge in [0.2, 0.25) is 0 Å². The van der Waals surface area contributed by atoms with Crippen molar-refractivity contribution in [2.24, 2.45) is 0 Å². The Morgan fingerprint density at radius 3 is 2.07 bits per heavy atom. The summed E-state index contributed by atoms with van der Waals surface area (Å²) in [6.45, 7) is 7.47. The van der Waals surface area contributed by atoms with Gasteiger partial charge in [0, 0.05) is 17.3 Å². The summed E-state index contributed by atoms with van der Waals surface area (Å²) in [4.78, 5) is 11.8. The van der Waals surface area contributed by atoms with E-state index in [0.29, 0.717) is 11.3 Å². The number of nitrogen functional groups attached to an aromatic ring is 2. The second-order valence-corrected chi connectivity index (χ2v) is 3.81. The van der Waals surface area contributed by atoms with Crippen LogP contribution in [0.1, 0.15) is 31.1 Å². The highest BCUT2D eigenvalue weighted by atomic mass is 16.1. The van der Waals surface area contributed by atoms with E-state index in [-0.39, 0.29) is 17.3 Å². The fourth-order valence-corrected chi connectivity index (χ4v) is 1.61. The lowest BCUT2D eigenvalue weighted by atomic mass is 10.1. The highest BCUT2D eigenvalue weighted by Crippen LogP contribution is 2.20. The molecule has 1 heterocycles. The lowest BCUT2D eigenvalue weighted by Crippen LogP contribution is -2.28. The Kier molecular flexibility index (Phi) is 2.55. The van der Waals surface area contributed by atoms with Gasteiger partial charge in [0.05, 0.1) is 5.69 Å². The van der Waals surface area contributed by atoms with Gasteiger partial charge in [-0.2, -0.15) is 0 Å². The molecule has 0 amide bonds. The zero-order chi connectivity index (χ0) is 11.0. The lowest BCUT2D eigenvalue weighted by molar-refractivity contribution is 0.565. The van der Waals surface area contributed by atoms with Crippen molar-refractivity contribution in [3.8, 4) is 0 Å². The lowest BCUT2D eigenvalue weighted by Gasteiger charge is -2.18. The summed E-state index contributed by atoms with van der Waals surface area (Å²) in [5.41, 5.74) is 13.7. The maximum Gasteiger partial charge on any atom is 0.274 e. The normalized spacial score (nSPS) is 10.9. The van der Waals surface area contributed by atoms with Crippen LogP contribution in [0.25, 0.3) is 0 Å². The number of pyridine rings is 1. The molecular formula is C10H17N3O. The molecule has 0 saturated heterocycles. The molecule has 4 heteroatoms. The molecule has 1 rings (SSSR count). The van der Waals surface area contributed by atoms with Crippen LogP contribution in [0.2, 0.25) is 0 Å². The minimum Gasteiger partial charge on any atom is -0.397 e. The quantitative estimate of drug-likeness (QED) is 0.707. The Balaban J connectivity index is 3.69. The topological polar surface area (TPSA) is 74.0 Å². The Bertz CT molecular complexity index is 418. The highest BCUT2D eigenvalue weighted by molar-refractivity contribution is 5.61. The predicted molar refractivity (Wildman–Crippen MR) is 59.4 cm³/mol. The summed E-state index contributed by atoms with van der Waals surface area (Å²) in [6.07, 6.45) is 0. The van der Waals surface area contributed by atoms with Crippen LogP contribution in [-0.2, 0) is 0 Å². The molecule has 0 bridgehead atoms. The maximum absolute atomic E-state index is 11.8. The van der Waals surface area contributed by atoms with Crippen LogP contribution in [0.15, 0.2) is 4.79 Å². The van der Waals surface area contributed by atoms with E-state index in [4.69, 9.17) is 11.5 Å². The van der Waals surface area contributed by atoms with Gasteiger partial charge in [-0.15, -0.1) is 0 Å². The molecule has 0 fully saturated rings. The molecular weight excluding hydrogens is 178 g/mol. The number of nitrogens with zero attached hydrogens (tertiary/aromatic N) is 1. The molecule has 78 valence electrons. The average molecular weight is 195 g/mol. The summed E-state index contributed by atoms with van der Waals surface area (Å²) in [5.74, 6) is 0. The molecule has 0 radical (unpaired) electrons. The third kappa shape index (κ3) is 1.36. The first-order chi connectivity index (χ1) is 6.37. The minimum atomic E-state index is -0.149. The van der Waals surface area contributed by atoms with Gasteiger partial charge >= 0.3 is 0 Å². The minimum absolute atomic E-state index is 0.0766. The van der Waals surface area contributed by atoms with Crippen LogP contribution in [0, 0.1) is 13.8 Å². The van der Waals surface area contributed by atoms with Crippen LogP contribution in [0.3, 0.4) is 0 Å². The monoisotopic (exact) mass is 195 g/mol. The summed E-state index contributed by atoms with van der Waals surface area (Å²) >= 11 is 0. The van der Waals surface area contributed by atoms with Crippen molar-refractivity contribution >= 4 is 11.4 Å². The molecule has 0 aliphatic rings. The van der Waals surface area contributed by atoms with E-state index in [9.17, 15) is 4.79 Å². The van der Waals surface area contributed by atoms with E-state index >= 15 is 0 Å². The SMILES string of the molecule is Cc1c(N)c(C)n(C(C)C)c(=O)c1N. The summed E-state index contributed by atoms with van der Waals surface area (Å²) in [7, 11) is 0. The van der Waals surface area contributed by atoms with E-state index in [0.717, 1.165) is 5.69 Å². The fraction of sp³-hybridized carbons (Fsp3) is 0.500. The van der Waals surface area contributed by atoms with E-state index < -0.39 is 0 Å². The van der Waals surface area contributed by atoms with Crippen molar-refractivity contribution in [2.75, 3.05) is 11.5 Å². The van der Waals surface area contributed by atoms with Crippen LogP contribution in [-0.4, -0.2) is 4.57 Å². The Labute approximate surface area is 83.5 Å². The molecule has 1 aromatic rings. The standard InChI is InChI=1S/C10H17N3O/c1-5(2)13-7(4)8(11)6(3)9(12)10(13)14/h5H,11-12H2,1-4H3. The second kappa shape index (κ2) is 3.36. The third-order valence-electron chi connectivity index (χ3n) is 2.52. The van der Waals surface area contributed by atoms with Gasteiger partial charge in [0.25, 0.3) is 5.56 Å². The molecule has 4 N–H and O–H groups in total. The molecule has 14 heavy (non-hydrogen) atoms. The maximum atomic E-state index is 11.8. The van der Waals surface area contributed by atoms with Gasteiger partial charge in [-0.05, 0) is 27.7 Å². The van der Waals surface area contributed by atoms with Gasteiger partial charge in [-0.1, -0.05) is 0 Å². The van der Waals surface area contributed by atoms with Crippen molar-refractivity contribution in [1.82, 2.24) is 4.57 Å². The van der Waals surface area contributed by atoms with Crippen molar-refractivity contribution in [3.63, 3.8) is 0 Å². The fourth-order valence-electron chi connectivity index (χ4n) is 1.61. The van der Waals surface area contributed by atoms with Gasteiger partial charge in [-0.25, -0.2) is 0 Å². The smallest absolute Gasteiger partial charge is 0.274 e. The predicted octanol–water partition coefficient (Wildman–Crippen LogP) is 1.21. The molecule has 0 atom stereocenters. The number of nitrogens with two attached hydrogens (primary N) is 2. The Morgan fingerprint density at radius 2 is 1.64 bits per heavy atom. The Morgan fingerprint density at radius 1 is 1.14 bits per heavy atom. The van der Waals surface area contributed by atoms with Crippen LogP contribution >= 0.6 is 0 Å². The van der Waals surface area contributed by atoms with E-state index in [1.54, 1.807) is 11.5 Å². The van der Waals surface area contributed by atoms with Crippen LogP contribution in [0.5, 0.6) is 0 Å². The molecule has 4 nitrogen and oxygen atoms in total. The average Bonchev–Trinajstić information content (AvgIpc) is 2.11. The van der Waals surface area contributed by atoms with Gasteiger partial charge in [-0.3, -0.25) is 4.79 Å². The number of hydrogen-bond acceptors (Lipinski definition) is 3. The third-order valence-corrected chi connectivity index (χ3v) is 2.52. The van der Waals surface area contributed by atoms with E-state index in [1.165, 1.54) is 0 Å². The molecule has 1 aromatic heterocycles. The number of rotatable bonds is 1. The Hall–Kier alpha value is -1.45. The highest BCUT2D eigenvalue weighted by Gasteiger charge is 2.13. The first kappa shape index (κ1) is 10.6. The molecule has 0 spiro atoms. The van der Waals surface area contributed by atoms with Gasteiger partial charge in [0.15, 0.2) is 0 Å². The molecule has 0 aliphatic heterocycles. The number of anilines is 2. The molecule has 0 aliphatic carbocycles. The first-order valence-corrected chi connectivity index (χ1v) is 4.64. The largest absolute Gasteiger partial charge is 0.397 e.